The summed E-state index contributed by atoms with van der Waals surface area (Å²) in [5.74, 6) is -1.54. The molecule has 4 N–H and O–H groups in total. The summed E-state index contributed by atoms with van der Waals surface area (Å²) in [5.41, 5.74) is 2.46. The Morgan fingerprint density at radius 3 is 2.82 bits per heavy atom. The number of amides is 2. The van der Waals surface area contributed by atoms with Gasteiger partial charge in [-0.15, -0.1) is 0 Å². The Kier molecular flexibility index (Phi) is 5.21. The Bertz CT molecular complexity index is 1250. The number of nitrogens with one attached hydrogen (secondary N) is 3. The van der Waals surface area contributed by atoms with E-state index in [4.69, 9.17) is 11.6 Å². The minimum absolute atomic E-state index is 0.0983. The standard InChI is InChI=1S/C22H22ClFN6O3/c1-11-17(19(31)21(33)27-22(6-7-22)16-10-25-29-28-16)15-3-2-8-30(15)18(11)20(32)26-12-4-5-14(24)13(23)9-12/h4-5,9-10,19,31H,2-3,6-8H2,1H3,(H,26,32)(H,27,33)(H,25,28,29). The largest absolute Gasteiger partial charge is 0.378 e. The van der Waals surface area contributed by atoms with E-state index in [1.54, 1.807) is 13.1 Å². The molecule has 33 heavy (non-hydrogen) atoms. The third-order valence-corrected chi connectivity index (χ3v) is 6.68. The number of benzene rings is 1. The van der Waals surface area contributed by atoms with Crippen molar-refractivity contribution in [2.24, 2.45) is 0 Å². The fraction of sp³-hybridized carbons (Fsp3) is 0.364. The van der Waals surface area contributed by atoms with E-state index in [9.17, 15) is 19.1 Å². The molecule has 0 spiro atoms. The molecule has 0 radical (unpaired) electrons. The molecule has 3 heterocycles. The van der Waals surface area contributed by atoms with Gasteiger partial charge in [0.05, 0.1) is 16.8 Å². The van der Waals surface area contributed by atoms with Crippen molar-refractivity contribution in [2.45, 2.75) is 50.8 Å². The topological polar surface area (TPSA) is 125 Å². The lowest BCUT2D eigenvalue weighted by molar-refractivity contribution is -0.130. The van der Waals surface area contributed by atoms with Crippen LogP contribution < -0.4 is 10.6 Å². The number of H-pyrrole nitrogens is 1. The fourth-order valence-electron chi connectivity index (χ4n) is 4.61. The zero-order valence-corrected chi connectivity index (χ0v) is 18.5. The van der Waals surface area contributed by atoms with Crippen LogP contribution in [0.2, 0.25) is 5.02 Å². The van der Waals surface area contributed by atoms with Crippen LogP contribution in [0, 0.1) is 12.7 Å². The summed E-state index contributed by atoms with van der Waals surface area (Å²) in [5, 5.41) is 27.0. The van der Waals surface area contributed by atoms with Gasteiger partial charge in [-0.3, -0.25) is 9.59 Å². The van der Waals surface area contributed by atoms with Crippen LogP contribution in [0.4, 0.5) is 10.1 Å². The molecular weight excluding hydrogens is 451 g/mol. The molecule has 11 heteroatoms. The monoisotopic (exact) mass is 472 g/mol. The summed E-state index contributed by atoms with van der Waals surface area (Å²) >= 11 is 5.82. The van der Waals surface area contributed by atoms with E-state index in [2.05, 4.69) is 26.0 Å². The van der Waals surface area contributed by atoms with Gasteiger partial charge in [0.15, 0.2) is 6.10 Å². The zero-order valence-electron chi connectivity index (χ0n) is 17.8. The van der Waals surface area contributed by atoms with Gasteiger partial charge in [-0.25, -0.2) is 4.39 Å². The van der Waals surface area contributed by atoms with Crippen LogP contribution in [0.1, 0.15) is 58.4 Å². The number of aliphatic hydroxyl groups is 1. The molecule has 1 atom stereocenters. The summed E-state index contributed by atoms with van der Waals surface area (Å²) in [7, 11) is 0. The summed E-state index contributed by atoms with van der Waals surface area (Å²) in [6.45, 7) is 2.31. The van der Waals surface area contributed by atoms with Crippen molar-refractivity contribution in [3.8, 4) is 0 Å². The second-order valence-electron chi connectivity index (χ2n) is 8.50. The van der Waals surface area contributed by atoms with Crippen molar-refractivity contribution in [1.82, 2.24) is 25.3 Å². The predicted octanol–water partition coefficient (Wildman–Crippen LogP) is 2.74. The van der Waals surface area contributed by atoms with E-state index < -0.39 is 29.3 Å². The van der Waals surface area contributed by atoms with Gasteiger partial charge in [0.2, 0.25) is 0 Å². The van der Waals surface area contributed by atoms with E-state index in [1.165, 1.54) is 18.2 Å². The molecule has 1 fully saturated rings. The number of fused-ring (bicyclic) bond motifs is 1. The first kappa shape index (κ1) is 21.6. The highest BCUT2D eigenvalue weighted by molar-refractivity contribution is 6.31. The first-order chi connectivity index (χ1) is 15.8. The SMILES string of the molecule is Cc1c(C(O)C(=O)NC2(c3cn[nH]n3)CC2)c2n(c1C(=O)Nc1ccc(F)c(Cl)c1)CCC2. The van der Waals surface area contributed by atoms with E-state index in [-0.39, 0.29) is 5.02 Å². The number of aromatic amines is 1. The average Bonchev–Trinajstić information content (AvgIpc) is 3.14. The second kappa shape index (κ2) is 7.96. The highest BCUT2D eigenvalue weighted by atomic mass is 35.5. The minimum atomic E-state index is -1.43. The number of carbonyl (C=O) groups excluding carboxylic acids is 2. The third kappa shape index (κ3) is 3.68. The van der Waals surface area contributed by atoms with Crippen LogP contribution in [0.15, 0.2) is 24.4 Å². The average molecular weight is 473 g/mol. The number of aromatic nitrogens is 4. The maximum atomic E-state index is 13.5. The summed E-state index contributed by atoms with van der Waals surface area (Å²) in [4.78, 5) is 26.1. The normalized spacial score (nSPS) is 16.8. The van der Waals surface area contributed by atoms with Gasteiger partial charge in [-0.1, -0.05) is 11.6 Å². The van der Waals surface area contributed by atoms with Crippen molar-refractivity contribution >= 4 is 29.1 Å². The fourth-order valence-corrected chi connectivity index (χ4v) is 4.79. The Balaban J connectivity index is 1.42. The molecule has 1 aromatic carbocycles. The minimum Gasteiger partial charge on any atom is -0.378 e. The van der Waals surface area contributed by atoms with Crippen LogP contribution in [0.25, 0.3) is 0 Å². The van der Waals surface area contributed by atoms with Gasteiger partial charge in [-0.2, -0.15) is 15.4 Å². The second-order valence-corrected chi connectivity index (χ2v) is 8.91. The number of hydrogen-bond donors (Lipinski definition) is 4. The molecule has 0 saturated heterocycles. The molecule has 1 aliphatic carbocycles. The number of nitrogens with zero attached hydrogens (tertiary/aromatic N) is 3. The van der Waals surface area contributed by atoms with Crippen LogP contribution in [0.3, 0.4) is 0 Å². The summed E-state index contributed by atoms with van der Waals surface area (Å²) in [6, 6.07) is 3.93. The molecular formula is C22H22ClFN6O3. The number of rotatable bonds is 6. The van der Waals surface area contributed by atoms with Crippen LogP contribution >= 0.6 is 11.6 Å². The van der Waals surface area contributed by atoms with E-state index in [1.807, 2.05) is 4.57 Å². The molecule has 1 unspecified atom stereocenters. The van der Waals surface area contributed by atoms with Crippen molar-refractivity contribution in [3.63, 3.8) is 0 Å². The molecule has 9 nitrogen and oxygen atoms in total. The summed E-state index contributed by atoms with van der Waals surface area (Å²) < 4.78 is 15.3. The maximum absolute atomic E-state index is 13.5. The predicted molar refractivity (Wildman–Crippen MR) is 117 cm³/mol. The third-order valence-electron chi connectivity index (χ3n) is 6.39. The molecule has 3 aromatic rings. The number of aliphatic hydroxyl groups excluding tert-OH is 1. The van der Waals surface area contributed by atoms with Gasteiger partial charge in [0.1, 0.15) is 17.2 Å². The number of carbonyl (C=O) groups is 2. The lowest BCUT2D eigenvalue weighted by atomic mass is 10.0. The Morgan fingerprint density at radius 1 is 1.36 bits per heavy atom. The molecule has 5 rings (SSSR count). The lowest BCUT2D eigenvalue weighted by Crippen LogP contribution is -2.38. The Morgan fingerprint density at radius 2 is 2.15 bits per heavy atom. The van der Waals surface area contributed by atoms with Gasteiger partial charge in [-0.05, 0) is 56.4 Å². The molecule has 1 aliphatic heterocycles. The smallest absolute Gasteiger partial charge is 0.272 e. The first-order valence-corrected chi connectivity index (χ1v) is 11.0. The van der Waals surface area contributed by atoms with Crippen molar-refractivity contribution in [1.29, 1.82) is 0 Å². The van der Waals surface area contributed by atoms with Crippen LogP contribution in [-0.2, 0) is 23.3 Å². The lowest BCUT2D eigenvalue weighted by Gasteiger charge is -2.18. The maximum Gasteiger partial charge on any atom is 0.272 e. The van der Waals surface area contributed by atoms with E-state index in [0.29, 0.717) is 54.0 Å². The number of hydrogen-bond acceptors (Lipinski definition) is 5. The van der Waals surface area contributed by atoms with Crippen LogP contribution in [0.5, 0.6) is 0 Å². The highest BCUT2D eigenvalue weighted by Crippen LogP contribution is 2.45. The first-order valence-electron chi connectivity index (χ1n) is 10.7. The van der Waals surface area contributed by atoms with Crippen molar-refractivity contribution < 1.29 is 19.1 Å². The summed E-state index contributed by atoms with van der Waals surface area (Å²) in [6.07, 6.45) is 2.98. The molecule has 2 amide bonds. The van der Waals surface area contributed by atoms with Crippen molar-refractivity contribution in [2.75, 3.05) is 5.32 Å². The quantitative estimate of drug-likeness (QED) is 0.439. The van der Waals surface area contributed by atoms with Gasteiger partial charge in [0.25, 0.3) is 11.8 Å². The van der Waals surface area contributed by atoms with Crippen LogP contribution in [-0.4, -0.2) is 36.9 Å². The Hall–Kier alpha value is -3.24. The van der Waals surface area contributed by atoms with Gasteiger partial charge >= 0.3 is 0 Å². The van der Waals surface area contributed by atoms with Gasteiger partial charge < -0.3 is 20.3 Å². The number of anilines is 1. The molecule has 2 aromatic heterocycles. The highest BCUT2D eigenvalue weighted by Gasteiger charge is 2.49. The molecule has 0 bridgehead atoms. The number of halogens is 2. The molecule has 172 valence electrons. The zero-order chi connectivity index (χ0) is 23.3. The Labute approximate surface area is 193 Å². The van der Waals surface area contributed by atoms with E-state index in [0.717, 1.165) is 12.1 Å². The van der Waals surface area contributed by atoms with E-state index >= 15 is 0 Å². The van der Waals surface area contributed by atoms with Crippen molar-refractivity contribution in [3.05, 3.63) is 63.4 Å². The molecule has 2 aliphatic rings. The van der Waals surface area contributed by atoms with Gasteiger partial charge in [0, 0.05) is 23.5 Å². The molecule has 1 saturated carbocycles.